The summed E-state index contributed by atoms with van der Waals surface area (Å²) in [5.74, 6) is 1.42. The van der Waals surface area contributed by atoms with Gasteiger partial charge in [-0.25, -0.2) is 8.42 Å². The molecule has 0 N–H and O–H groups in total. The minimum Gasteiger partial charge on any atom is -0.490 e. The fraction of sp³-hybridized carbons (Fsp3) is 0.609. The number of ether oxygens (including phenoxy) is 2. The first-order valence-corrected chi connectivity index (χ1v) is 12.4. The number of amides is 1. The van der Waals surface area contributed by atoms with Crippen LogP contribution in [0.2, 0.25) is 0 Å². The minimum atomic E-state index is -3.66. The molecule has 1 saturated carbocycles. The Labute approximate surface area is 185 Å². The monoisotopic (exact) mass is 448 g/mol. The molecule has 2 atom stereocenters. The molecule has 2 aliphatic heterocycles. The van der Waals surface area contributed by atoms with Crippen molar-refractivity contribution in [3.05, 3.63) is 29.8 Å². The number of benzene rings is 1. The Morgan fingerprint density at radius 3 is 2.35 bits per heavy atom. The maximum Gasteiger partial charge on any atom is 0.243 e. The highest BCUT2D eigenvalue weighted by atomic mass is 32.2. The molecule has 31 heavy (non-hydrogen) atoms. The first-order valence-electron chi connectivity index (χ1n) is 11.0. The van der Waals surface area contributed by atoms with Crippen LogP contribution in [-0.2, 0) is 14.8 Å². The second-order valence-electron chi connectivity index (χ2n) is 9.46. The summed E-state index contributed by atoms with van der Waals surface area (Å²) >= 11 is 0. The topological polar surface area (TPSA) is 76.2 Å². The van der Waals surface area contributed by atoms with Gasteiger partial charge in [-0.05, 0) is 37.3 Å². The van der Waals surface area contributed by atoms with Gasteiger partial charge in [-0.1, -0.05) is 25.5 Å². The molecule has 1 saturated heterocycles. The number of carbonyl (C=O) groups is 1. The zero-order chi connectivity index (χ0) is 22.4. The molecule has 2 heterocycles. The van der Waals surface area contributed by atoms with E-state index in [1.54, 1.807) is 18.2 Å². The Bertz CT molecular complexity index is 989. The van der Waals surface area contributed by atoms with Gasteiger partial charge >= 0.3 is 0 Å². The van der Waals surface area contributed by atoms with Crippen LogP contribution in [0.4, 0.5) is 0 Å². The Morgan fingerprint density at radius 2 is 1.71 bits per heavy atom. The predicted molar refractivity (Wildman–Crippen MR) is 118 cm³/mol. The summed E-state index contributed by atoms with van der Waals surface area (Å²) in [6, 6.07) is 4.77. The highest BCUT2D eigenvalue weighted by Gasteiger charge is 2.61. The zero-order valence-electron chi connectivity index (χ0n) is 18.8. The third-order valence-corrected chi connectivity index (χ3v) is 8.49. The van der Waals surface area contributed by atoms with E-state index in [1.165, 1.54) is 9.88 Å². The molecule has 0 bridgehead atoms. The number of hydrogen-bond donors (Lipinski definition) is 0. The molecule has 1 aromatic rings. The lowest BCUT2D eigenvalue weighted by molar-refractivity contribution is -0.134. The van der Waals surface area contributed by atoms with Crippen molar-refractivity contribution in [3.63, 3.8) is 0 Å². The van der Waals surface area contributed by atoms with Gasteiger partial charge in [0.25, 0.3) is 0 Å². The molecule has 4 rings (SSSR count). The number of fused-ring (bicyclic) bond motifs is 1. The number of hydrogen-bond acceptors (Lipinski definition) is 5. The van der Waals surface area contributed by atoms with E-state index in [4.69, 9.17) is 9.47 Å². The summed E-state index contributed by atoms with van der Waals surface area (Å²) in [5.41, 5.74) is 1.18. The molecule has 0 unspecified atom stereocenters. The lowest BCUT2D eigenvalue weighted by Gasteiger charge is -2.34. The fourth-order valence-electron chi connectivity index (χ4n) is 4.62. The first-order chi connectivity index (χ1) is 14.6. The van der Waals surface area contributed by atoms with Crippen molar-refractivity contribution in [2.24, 2.45) is 17.3 Å². The van der Waals surface area contributed by atoms with Gasteiger partial charge in [-0.2, -0.15) is 4.31 Å². The molecule has 1 amide bonds. The second-order valence-corrected chi connectivity index (χ2v) is 11.4. The van der Waals surface area contributed by atoms with E-state index < -0.39 is 10.0 Å². The van der Waals surface area contributed by atoms with Crippen LogP contribution in [0.25, 0.3) is 0 Å². The van der Waals surface area contributed by atoms with E-state index in [1.807, 2.05) is 4.90 Å². The van der Waals surface area contributed by atoms with Crippen LogP contribution in [0, 0.1) is 17.3 Å². The lowest BCUT2D eigenvalue weighted by Crippen LogP contribution is -2.51. The van der Waals surface area contributed by atoms with Crippen molar-refractivity contribution >= 4 is 15.9 Å². The Morgan fingerprint density at radius 1 is 1.06 bits per heavy atom. The quantitative estimate of drug-likeness (QED) is 0.662. The van der Waals surface area contributed by atoms with Crippen LogP contribution in [0.5, 0.6) is 11.5 Å². The summed E-state index contributed by atoms with van der Waals surface area (Å²) in [4.78, 5) is 15.1. The summed E-state index contributed by atoms with van der Waals surface area (Å²) in [5, 5.41) is 0. The van der Waals surface area contributed by atoms with Gasteiger partial charge in [0.2, 0.25) is 15.9 Å². The smallest absolute Gasteiger partial charge is 0.243 e. The van der Waals surface area contributed by atoms with E-state index in [0.717, 1.165) is 6.42 Å². The molecule has 2 fully saturated rings. The number of piperazine rings is 1. The molecule has 0 spiro atoms. The number of sulfonamides is 1. The third-order valence-electron chi connectivity index (χ3n) is 6.60. The molecule has 0 radical (unpaired) electrons. The number of carbonyl (C=O) groups excluding carboxylic acids is 1. The van der Waals surface area contributed by atoms with Crippen molar-refractivity contribution in [2.45, 2.75) is 39.0 Å². The number of rotatable bonds is 4. The van der Waals surface area contributed by atoms with Crippen molar-refractivity contribution in [1.29, 1.82) is 0 Å². The van der Waals surface area contributed by atoms with E-state index in [0.29, 0.717) is 50.9 Å². The second kappa shape index (κ2) is 8.13. The molecular weight excluding hydrogens is 416 g/mol. The van der Waals surface area contributed by atoms with Gasteiger partial charge in [0.1, 0.15) is 0 Å². The fourth-order valence-corrected chi connectivity index (χ4v) is 6.06. The van der Waals surface area contributed by atoms with Gasteiger partial charge in [0.15, 0.2) is 11.5 Å². The number of allylic oxidation sites excluding steroid dienone is 2. The lowest BCUT2D eigenvalue weighted by atomic mass is 10.1. The summed E-state index contributed by atoms with van der Waals surface area (Å²) in [6.45, 7) is 10.8. The third kappa shape index (κ3) is 4.20. The molecular formula is C23H32N2O5S. The van der Waals surface area contributed by atoms with Crippen molar-refractivity contribution in [2.75, 3.05) is 39.4 Å². The normalized spacial score (nSPS) is 25.5. The first kappa shape index (κ1) is 22.1. The molecule has 8 heteroatoms. The Balaban J connectivity index is 1.42. The van der Waals surface area contributed by atoms with E-state index in [9.17, 15) is 13.2 Å². The van der Waals surface area contributed by atoms with Crippen LogP contribution in [0.3, 0.4) is 0 Å². The molecule has 1 aromatic carbocycles. The zero-order valence-corrected chi connectivity index (χ0v) is 19.6. The van der Waals surface area contributed by atoms with E-state index >= 15 is 0 Å². The van der Waals surface area contributed by atoms with E-state index in [-0.39, 0.29) is 28.1 Å². The van der Waals surface area contributed by atoms with E-state index in [2.05, 4.69) is 33.8 Å². The minimum absolute atomic E-state index is 0.0210. The van der Waals surface area contributed by atoms with Crippen molar-refractivity contribution < 1.29 is 22.7 Å². The molecule has 170 valence electrons. The van der Waals surface area contributed by atoms with Crippen LogP contribution in [0.15, 0.2) is 34.7 Å². The molecule has 3 aliphatic rings. The van der Waals surface area contributed by atoms with Gasteiger partial charge in [-0.3, -0.25) is 4.79 Å². The summed E-state index contributed by atoms with van der Waals surface area (Å²) in [7, 11) is -3.66. The highest BCUT2D eigenvalue weighted by Crippen LogP contribution is 2.60. The standard InChI is InChI=1S/C23H32N2O5S/c1-16(2)14-18-21(23(18,3)4)22(26)24-8-10-25(11-9-24)31(27,28)17-6-7-19-20(15-17)30-13-5-12-29-19/h6-7,14-15,18,21H,5,8-13H2,1-4H3/t18-,21-/m1/s1. The Kier molecular flexibility index (Phi) is 5.81. The highest BCUT2D eigenvalue weighted by molar-refractivity contribution is 7.89. The van der Waals surface area contributed by atoms with Crippen molar-refractivity contribution in [1.82, 2.24) is 9.21 Å². The SMILES string of the molecule is CC(C)=C[C@@H]1[C@H](C(=O)N2CCN(S(=O)(=O)c3ccc4c(c3)OCCCO4)CC2)C1(C)C. The van der Waals surface area contributed by atoms with Crippen molar-refractivity contribution in [3.8, 4) is 11.5 Å². The molecule has 0 aromatic heterocycles. The molecule has 7 nitrogen and oxygen atoms in total. The predicted octanol–water partition coefficient (Wildman–Crippen LogP) is 2.92. The average Bonchev–Trinajstić information content (AvgIpc) is 3.35. The average molecular weight is 449 g/mol. The Hall–Kier alpha value is -2.06. The summed E-state index contributed by atoms with van der Waals surface area (Å²) < 4.78 is 39.1. The maximum absolute atomic E-state index is 13.2. The van der Waals surface area contributed by atoms with Crippen LogP contribution < -0.4 is 9.47 Å². The van der Waals surface area contributed by atoms with Crippen LogP contribution in [-0.4, -0.2) is 62.9 Å². The van der Waals surface area contributed by atoms with Gasteiger partial charge < -0.3 is 14.4 Å². The van der Waals surface area contributed by atoms with Crippen LogP contribution in [0.1, 0.15) is 34.1 Å². The summed E-state index contributed by atoms with van der Waals surface area (Å²) in [6.07, 6.45) is 2.95. The molecule has 1 aliphatic carbocycles. The van der Waals surface area contributed by atoms with Gasteiger partial charge in [-0.15, -0.1) is 0 Å². The van der Waals surface area contributed by atoms with Gasteiger partial charge in [0, 0.05) is 38.7 Å². The maximum atomic E-state index is 13.2. The van der Waals surface area contributed by atoms with Crippen LogP contribution >= 0.6 is 0 Å². The number of nitrogens with zero attached hydrogens (tertiary/aromatic N) is 2. The largest absolute Gasteiger partial charge is 0.490 e. The van der Waals surface area contributed by atoms with Gasteiger partial charge in [0.05, 0.1) is 24.0 Å².